The minimum atomic E-state index is -0.526. The zero-order valence-corrected chi connectivity index (χ0v) is 16.8. The van der Waals surface area contributed by atoms with Crippen LogP contribution >= 0.6 is 0 Å². The van der Waals surface area contributed by atoms with E-state index in [-0.39, 0.29) is 6.61 Å². The molecule has 1 unspecified atom stereocenters. The quantitative estimate of drug-likeness (QED) is 0.727. The summed E-state index contributed by atoms with van der Waals surface area (Å²) in [6.45, 7) is 5.89. The normalized spacial score (nSPS) is 17.9. The van der Waals surface area contributed by atoms with E-state index >= 15 is 0 Å². The van der Waals surface area contributed by atoms with Crippen molar-refractivity contribution in [2.24, 2.45) is 0 Å². The van der Waals surface area contributed by atoms with Crippen LogP contribution in [0.4, 0.5) is 0 Å². The van der Waals surface area contributed by atoms with Crippen LogP contribution in [0.25, 0.3) is 0 Å². The molecule has 0 aromatic heterocycles. The Morgan fingerprint density at radius 3 is 2.55 bits per heavy atom. The molecule has 0 spiro atoms. The predicted molar refractivity (Wildman–Crippen MR) is 109 cm³/mol. The Balaban J connectivity index is 1.18. The molecule has 1 N–H and O–H groups in total. The maximum absolute atomic E-state index is 10.3. The van der Waals surface area contributed by atoms with Crippen LogP contribution < -0.4 is 18.9 Å². The fourth-order valence-corrected chi connectivity index (χ4v) is 3.66. The predicted octanol–water partition coefficient (Wildman–Crippen LogP) is 1.98. The number of β-amino-alcohol motifs (C(OH)–C–C–N with tert-alkyl or cyclic N) is 1. The second-order valence-electron chi connectivity index (χ2n) is 7.41. The highest BCUT2D eigenvalue weighted by Crippen LogP contribution is 2.32. The number of benzene rings is 2. The first-order chi connectivity index (χ1) is 14.2. The second-order valence-corrected chi connectivity index (χ2v) is 7.41. The first-order valence-electron chi connectivity index (χ1n) is 9.98. The topological polar surface area (TPSA) is 63.6 Å². The van der Waals surface area contributed by atoms with Crippen LogP contribution in [0.2, 0.25) is 0 Å². The smallest absolute Gasteiger partial charge is 0.231 e. The summed E-state index contributed by atoms with van der Waals surface area (Å²) in [5, 5.41) is 10.3. The number of piperazine rings is 1. The zero-order chi connectivity index (χ0) is 20.1. The molecule has 2 aliphatic heterocycles. The summed E-state index contributed by atoms with van der Waals surface area (Å²) in [4.78, 5) is 4.71. The highest BCUT2D eigenvalue weighted by molar-refractivity contribution is 5.44. The number of fused-ring (bicyclic) bond motifs is 1. The Labute approximate surface area is 171 Å². The van der Waals surface area contributed by atoms with Gasteiger partial charge in [0.25, 0.3) is 0 Å². The molecule has 0 radical (unpaired) electrons. The summed E-state index contributed by atoms with van der Waals surface area (Å²) in [7, 11) is 1.63. The van der Waals surface area contributed by atoms with Crippen LogP contribution in [0.15, 0.2) is 42.5 Å². The number of hydrogen-bond donors (Lipinski definition) is 1. The van der Waals surface area contributed by atoms with Gasteiger partial charge in [-0.3, -0.25) is 9.80 Å². The molecule has 2 aromatic carbocycles. The molecular formula is C22H28N2O5. The van der Waals surface area contributed by atoms with Gasteiger partial charge in [0.1, 0.15) is 24.2 Å². The van der Waals surface area contributed by atoms with Gasteiger partial charge in [-0.1, -0.05) is 12.1 Å². The van der Waals surface area contributed by atoms with Gasteiger partial charge in [-0.2, -0.15) is 0 Å². The monoisotopic (exact) mass is 400 g/mol. The average molecular weight is 400 g/mol. The molecule has 0 saturated carbocycles. The van der Waals surface area contributed by atoms with Crippen LogP contribution in [0, 0.1) is 0 Å². The number of aliphatic hydroxyl groups is 1. The van der Waals surface area contributed by atoms with Gasteiger partial charge >= 0.3 is 0 Å². The van der Waals surface area contributed by atoms with Crippen LogP contribution in [0.3, 0.4) is 0 Å². The van der Waals surface area contributed by atoms with E-state index in [1.165, 1.54) is 5.56 Å². The van der Waals surface area contributed by atoms with E-state index in [1.54, 1.807) is 7.11 Å². The number of aliphatic hydroxyl groups excluding tert-OH is 1. The molecule has 0 amide bonds. The van der Waals surface area contributed by atoms with E-state index in [2.05, 4.69) is 21.9 Å². The van der Waals surface area contributed by atoms with Crippen molar-refractivity contribution in [2.75, 3.05) is 53.2 Å². The summed E-state index contributed by atoms with van der Waals surface area (Å²) in [5.41, 5.74) is 1.23. The molecule has 2 aromatic rings. The van der Waals surface area contributed by atoms with Crippen molar-refractivity contribution < 1.29 is 24.1 Å². The van der Waals surface area contributed by atoms with Gasteiger partial charge < -0.3 is 24.1 Å². The molecule has 29 heavy (non-hydrogen) atoms. The molecule has 156 valence electrons. The fraction of sp³-hybridized carbons (Fsp3) is 0.455. The summed E-state index contributed by atoms with van der Waals surface area (Å²) < 4.78 is 21.7. The third-order valence-electron chi connectivity index (χ3n) is 5.26. The molecule has 2 heterocycles. The van der Waals surface area contributed by atoms with Crippen molar-refractivity contribution >= 4 is 0 Å². The zero-order valence-electron chi connectivity index (χ0n) is 16.8. The molecule has 7 nitrogen and oxygen atoms in total. The van der Waals surface area contributed by atoms with Crippen molar-refractivity contribution in [2.45, 2.75) is 12.6 Å². The lowest BCUT2D eigenvalue weighted by atomic mass is 10.1. The summed E-state index contributed by atoms with van der Waals surface area (Å²) in [6.07, 6.45) is -0.526. The number of nitrogens with zero attached hydrogens (tertiary/aromatic N) is 2. The summed E-state index contributed by atoms with van der Waals surface area (Å²) in [5.74, 6) is 3.11. The van der Waals surface area contributed by atoms with Gasteiger partial charge in [0.05, 0.1) is 7.11 Å². The Kier molecular flexibility index (Phi) is 6.39. The number of rotatable bonds is 8. The highest BCUT2D eigenvalue weighted by atomic mass is 16.7. The maximum Gasteiger partial charge on any atom is 0.231 e. The SMILES string of the molecule is COc1cccc(OCC(O)CN2CCN(Cc3ccc4c(c3)OCO4)CC2)c1. The first kappa shape index (κ1) is 19.8. The maximum atomic E-state index is 10.3. The lowest BCUT2D eigenvalue weighted by molar-refractivity contribution is 0.0445. The summed E-state index contributed by atoms with van der Waals surface area (Å²) in [6, 6.07) is 13.6. The van der Waals surface area contributed by atoms with Gasteiger partial charge in [-0.15, -0.1) is 0 Å². The summed E-state index contributed by atoms with van der Waals surface area (Å²) >= 11 is 0. The number of ether oxygens (including phenoxy) is 4. The van der Waals surface area contributed by atoms with Crippen molar-refractivity contribution in [1.82, 2.24) is 9.80 Å². The van der Waals surface area contributed by atoms with E-state index < -0.39 is 6.10 Å². The van der Waals surface area contributed by atoms with Crippen LogP contribution in [0.5, 0.6) is 23.0 Å². The molecule has 4 rings (SSSR count). The number of hydrogen-bond acceptors (Lipinski definition) is 7. The van der Waals surface area contributed by atoms with Gasteiger partial charge in [0.15, 0.2) is 11.5 Å². The molecule has 0 bridgehead atoms. The van der Waals surface area contributed by atoms with E-state index in [0.29, 0.717) is 19.1 Å². The third kappa shape index (κ3) is 5.32. The van der Waals surface area contributed by atoms with Crippen LogP contribution in [-0.4, -0.2) is 74.2 Å². The van der Waals surface area contributed by atoms with Gasteiger partial charge in [0.2, 0.25) is 6.79 Å². The largest absolute Gasteiger partial charge is 0.497 e. The molecule has 0 aliphatic carbocycles. The standard InChI is InChI=1S/C22H28N2O5/c1-26-19-3-2-4-20(12-19)27-15-18(25)14-24-9-7-23(8-10-24)13-17-5-6-21-22(11-17)29-16-28-21/h2-6,11-12,18,25H,7-10,13-16H2,1H3. The molecular weight excluding hydrogens is 372 g/mol. The lowest BCUT2D eigenvalue weighted by Crippen LogP contribution is -2.48. The lowest BCUT2D eigenvalue weighted by Gasteiger charge is -2.35. The Hall–Kier alpha value is -2.48. The van der Waals surface area contributed by atoms with E-state index in [4.69, 9.17) is 18.9 Å². The van der Waals surface area contributed by atoms with E-state index in [0.717, 1.165) is 50.0 Å². The van der Waals surface area contributed by atoms with E-state index in [1.807, 2.05) is 30.3 Å². The minimum absolute atomic E-state index is 0.268. The molecule has 2 aliphatic rings. The first-order valence-corrected chi connectivity index (χ1v) is 9.98. The molecule has 1 saturated heterocycles. The van der Waals surface area contributed by atoms with E-state index in [9.17, 15) is 5.11 Å². The Morgan fingerprint density at radius 1 is 0.966 bits per heavy atom. The molecule has 7 heteroatoms. The van der Waals surface area contributed by atoms with Gasteiger partial charge in [-0.05, 0) is 29.8 Å². The van der Waals surface area contributed by atoms with Crippen LogP contribution in [0.1, 0.15) is 5.56 Å². The molecule has 1 fully saturated rings. The minimum Gasteiger partial charge on any atom is -0.497 e. The van der Waals surface area contributed by atoms with Crippen molar-refractivity contribution in [3.8, 4) is 23.0 Å². The van der Waals surface area contributed by atoms with Crippen molar-refractivity contribution in [1.29, 1.82) is 0 Å². The average Bonchev–Trinajstić information content (AvgIpc) is 3.22. The highest BCUT2D eigenvalue weighted by Gasteiger charge is 2.21. The number of methoxy groups -OCH3 is 1. The van der Waals surface area contributed by atoms with Gasteiger partial charge in [0, 0.05) is 45.3 Å². The second kappa shape index (κ2) is 9.35. The Morgan fingerprint density at radius 2 is 1.72 bits per heavy atom. The Bertz CT molecular complexity index is 808. The van der Waals surface area contributed by atoms with Crippen molar-refractivity contribution in [3.63, 3.8) is 0 Å². The molecule has 1 atom stereocenters. The fourth-order valence-electron chi connectivity index (χ4n) is 3.66. The van der Waals surface area contributed by atoms with Crippen LogP contribution in [-0.2, 0) is 6.54 Å². The third-order valence-corrected chi connectivity index (χ3v) is 5.26. The van der Waals surface area contributed by atoms with Crippen molar-refractivity contribution in [3.05, 3.63) is 48.0 Å². The van der Waals surface area contributed by atoms with Gasteiger partial charge in [-0.25, -0.2) is 0 Å².